The molecule has 25 heavy (non-hydrogen) atoms. The second-order valence-corrected chi connectivity index (χ2v) is 6.91. The molecule has 0 bridgehead atoms. The van der Waals surface area contributed by atoms with Crippen LogP contribution in [0.4, 0.5) is 4.39 Å². The molecule has 3 aromatic rings. The molecule has 1 aliphatic rings. The molecular formula is C19H16FN3OS. The number of aryl methyl sites for hydroxylation is 1. The third-order valence-electron chi connectivity index (χ3n) is 4.24. The molecule has 0 saturated carbocycles. The Balaban J connectivity index is 1.60. The zero-order valence-corrected chi connectivity index (χ0v) is 14.4. The van der Waals surface area contributed by atoms with Gasteiger partial charge in [0.15, 0.2) is 5.69 Å². The van der Waals surface area contributed by atoms with Crippen molar-refractivity contribution in [1.82, 2.24) is 15.1 Å². The summed E-state index contributed by atoms with van der Waals surface area (Å²) in [6, 6.07) is 14.3. The van der Waals surface area contributed by atoms with Gasteiger partial charge >= 0.3 is 0 Å². The number of thioether (sulfide) groups is 1. The van der Waals surface area contributed by atoms with E-state index in [1.807, 2.05) is 19.2 Å². The summed E-state index contributed by atoms with van der Waals surface area (Å²) in [5.74, 6) is 0.227. The SMILES string of the molecule is Cn1nc(C(=O)NCc2ccc(F)cc2)c2c1-c1ccccc1SC2. The Morgan fingerprint density at radius 2 is 2.00 bits per heavy atom. The van der Waals surface area contributed by atoms with Crippen molar-refractivity contribution in [1.29, 1.82) is 0 Å². The minimum Gasteiger partial charge on any atom is -0.347 e. The maximum absolute atomic E-state index is 13.0. The number of carbonyl (C=O) groups is 1. The summed E-state index contributed by atoms with van der Waals surface area (Å²) in [4.78, 5) is 13.8. The summed E-state index contributed by atoms with van der Waals surface area (Å²) < 4.78 is 14.7. The zero-order chi connectivity index (χ0) is 17.4. The molecule has 0 fully saturated rings. The molecule has 2 aromatic carbocycles. The summed E-state index contributed by atoms with van der Waals surface area (Å²) in [5, 5.41) is 7.32. The first-order chi connectivity index (χ1) is 12.1. The smallest absolute Gasteiger partial charge is 0.272 e. The molecule has 0 saturated heterocycles. The highest BCUT2D eigenvalue weighted by Gasteiger charge is 2.27. The van der Waals surface area contributed by atoms with Crippen molar-refractivity contribution in [2.24, 2.45) is 7.05 Å². The summed E-state index contributed by atoms with van der Waals surface area (Å²) in [6.45, 7) is 0.341. The molecular weight excluding hydrogens is 337 g/mol. The second kappa shape index (κ2) is 6.37. The van der Waals surface area contributed by atoms with Crippen LogP contribution >= 0.6 is 11.8 Å². The van der Waals surface area contributed by atoms with Gasteiger partial charge in [0, 0.05) is 35.4 Å². The average molecular weight is 353 g/mol. The number of hydrogen-bond donors (Lipinski definition) is 1. The van der Waals surface area contributed by atoms with Gasteiger partial charge < -0.3 is 5.32 Å². The van der Waals surface area contributed by atoms with E-state index < -0.39 is 0 Å². The molecule has 0 unspecified atom stereocenters. The lowest BCUT2D eigenvalue weighted by molar-refractivity contribution is 0.0944. The van der Waals surface area contributed by atoms with E-state index in [2.05, 4.69) is 22.5 Å². The summed E-state index contributed by atoms with van der Waals surface area (Å²) >= 11 is 1.72. The molecule has 1 aliphatic heterocycles. The molecule has 4 nitrogen and oxygen atoms in total. The van der Waals surface area contributed by atoms with Crippen molar-refractivity contribution in [2.75, 3.05) is 0 Å². The number of nitrogens with one attached hydrogen (secondary N) is 1. The molecule has 1 N–H and O–H groups in total. The van der Waals surface area contributed by atoms with Crippen LogP contribution in [0.25, 0.3) is 11.3 Å². The molecule has 2 heterocycles. The lowest BCUT2D eigenvalue weighted by Crippen LogP contribution is -2.24. The molecule has 1 amide bonds. The van der Waals surface area contributed by atoms with Gasteiger partial charge in [0.2, 0.25) is 0 Å². The Hall–Kier alpha value is -2.60. The number of fused-ring (bicyclic) bond motifs is 3. The van der Waals surface area contributed by atoms with Gasteiger partial charge in [0.05, 0.1) is 5.69 Å². The highest BCUT2D eigenvalue weighted by Crippen LogP contribution is 2.42. The molecule has 0 aliphatic carbocycles. The lowest BCUT2D eigenvalue weighted by atomic mass is 10.1. The van der Waals surface area contributed by atoms with E-state index in [4.69, 9.17) is 0 Å². The Kier molecular flexibility index (Phi) is 4.05. The Morgan fingerprint density at radius 1 is 1.24 bits per heavy atom. The van der Waals surface area contributed by atoms with Crippen LogP contribution in [0.15, 0.2) is 53.4 Å². The number of hydrogen-bond acceptors (Lipinski definition) is 3. The van der Waals surface area contributed by atoms with E-state index >= 15 is 0 Å². The molecule has 0 atom stereocenters. The fraction of sp³-hybridized carbons (Fsp3) is 0.158. The predicted molar refractivity (Wildman–Crippen MR) is 95.8 cm³/mol. The van der Waals surface area contributed by atoms with Gasteiger partial charge in [-0.15, -0.1) is 11.8 Å². The topological polar surface area (TPSA) is 46.9 Å². The number of halogens is 1. The number of rotatable bonds is 3. The van der Waals surface area contributed by atoms with Gasteiger partial charge in [-0.25, -0.2) is 4.39 Å². The first-order valence-corrected chi connectivity index (χ1v) is 8.93. The van der Waals surface area contributed by atoms with Crippen LogP contribution in [0.3, 0.4) is 0 Å². The van der Waals surface area contributed by atoms with Gasteiger partial charge in [-0.3, -0.25) is 9.48 Å². The van der Waals surface area contributed by atoms with E-state index in [-0.39, 0.29) is 11.7 Å². The first kappa shape index (κ1) is 15.9. The first-order valence-electron chi connectivity index (χ1n) is 7.94. The second-order valence-electron chi connectivity index (χ2n) is 5.89. The zero-order valence-electron chi connectivity index (χ0n) is 13.6. The quantitative estimate of drug-likeness (QED) is 0.780. The van der Waals surface area contributed by atoms with Gasteiger partial charge in [-0.2, -0.15) is 5.10 Å². The van der Waals surface area contributed by atoms with E-state index in [0.717, 1.165) is 28.1 Å². The molecule has 6 heteroatoms. The van der Waals surface area contributed by atoms with Crippen molar-refractivity contribution >= 4 is 17.7 Å². The number of carbonyl (C=O) groups excluding carboxylic acids is 1. The highest BCUT2D eigenvalue weighted by atomic mass is 32.2. The Bertz CT molecular complexity index is 950. The highest BCUT2D eigenvalue weighted by molar-refractivity contribution is 7.98. The monoisotopic (exact) mass is 353 g/mol. The Labute approximate surface area is 149 Å². The largest absolute Gasteiger partial charge is 0.347 e. The van der Waals surface area contributed by atoms with Crippen LogP contribution in [0.1, 0.15) is 21.6 Å². The van der Waals surface area contributed by atoms with Gasteiger partial charge in [-0.05, 0) is 23.8 Å². The van der Waals surface area contributed by atoms with Crippen LogP contribution in [0, 0.1) is 5.82 Å². The van der Waals surface area contributed by atoms with Crippen molar-refractivity contribution in [3.8, 4) is 11.3 Å². The van der Waals surface area contributed by atoms with Crippen LogP contribution in [-0.2, 0) is 19.3 Å². The summed E-state index contributed by atoms with van der Waals surface area (Å²) in [7, 11) is 1.86. The van der Waals surface area contributed by atoms with E-state index in [9.17, 15) is 9.18 Å². The van der Waals surface area contributed by atoms with Crippen LogP contribution in [-0.4, -0.2) is 15.7 Å². The predicted octanol–water partition coefficient (Wildman–Crippen LogP) is 3.76. The standard InChI is InChI=1S/C19H16FN3OS/c1-23-18-14-4-2-3-5-16(14)25-11-15(18)17(22-23)19(24)21-10-12-6-8-13(20)9-7-12/h2-9H,10-11H2,1H3,(H,21,24). The Morgan fingerprint density at radius 3 is 2.80 bits per heavy atom. The third kappa shape index (κ3) is 2.93. The molecule has 4 rings (SSSR count). The number of amides is 1. The van der Waals surface area contributed by atoms with Crippen molar-refractivity contribution < 1.29 is 9.18 Å². The lowest BCUT2D eigenvalue weighted by Gasteiger charge is -2.16. The van der Waals surface area contributed by atoms with Crippen molar-refractivity contribution in [3.05, 3.63) is 71.2 Å². The minimum absolute atomic E-state index is 0.207. The van der Waals surface area contributed by atoms with Crippen LogP contribution in [0.2, 0.25) is 0 Å². The number of nitrogens with zero attached hydrogens (tertiary/aromatic N) is 2. The minimum atomic E-state index is -0.287. The number of benzene rings is 2. The molecule has 0 spiro atoms. The fourth-order valence-corrected chi connectivity index (χ4v) is 4.10. The van der Waals surface area contributed by atoms with Crippen LogP contribution in [0.5, 0.6) is 0 Å². The summed E-state index contributed by atoms with van der Waals surface area (Å²) in [5.41, 5.74) is 4.38. The molecule has 0 radical (unpaired) electrons. The van der Waals surface area contributed by atoms with E-state index in [1.165, 1.54) is 17.0 Å². The maximum Gasteiger partial charge on any atom is 0.272 e. The normalized spacial score (nSPS) is 12.4. The molecule has 1 aromatic heterocycles. The van der Waals surface area contributed by atoms with Crippen LogP contribution < -0.4 is 5.32 Å². The summed E-state index contributed by atoms with van der Waals surface area (Å²) in [6.07, 6.45) is 0. The fourth-order valence-electron chi connectivity index (χ4n) is 3.03. The van der Waals surface area contributed by atoms with E-state index in [0.29, 0.717) is 12.2 Å². The van der Waals surface area contributed by atoms with Crippen molar-refractivity contribution in [2.45, 2.75) is 17.2 Å². The van der Waals surface area contributed by atoms with Crippen molar-refractivity contribution in [3.63, 3.8) is 0 Å². The number of aromatic nitrogens is 2. The average Bonchev–Trinajstić information content (AvgIpc) is 2.98. The maximum atomic E-state index is 13.0. The van der Waals surface area contributed by atoms with E-state index in [1.54, 1.807) is 28.6 Å². The van der Waals surface area contributed by atoms with Gasteiger partial charge in [-0.1, -0.05) is 30.3 Å². The van der Waals surface area contributed by atoms with Gasteiger partial charge in [0.1, 0.15) is 5.82 Å². The molecule has 126 valence electrons. The third-order valence-corrected chi connectivity index (χ3v) is 5.34. The van der Waals surface area contributed by atoms with Gasteiger partial charge in [0.25, 0.3) is 5.91 Å².